The number of amides is 1. The molecule has 1 heterocycles. The van der Waals surface area contributed by atoms with Gasteiger partial charge in [-0.05, 0) is 55.0 Å². The van der Waals surface area contributed by atoms with E-state index in [2.05, 4.69) is 15.5 Å². The van der Waals surface area contributed by atoms with Crippen LogP contribution < -0.4 is 5.32 Å². The number of aromatic nitrogens is 2. The molecule has 0 spiro atoms. The second kappa shape index (κ2) is 5.81. The Morgan fingerprint density at radius 1 is 1.14 bits per heavy atom. The van der Waals surface area contributed by atoms with Gasteiger partial charge in [-0.1, -0.05) is 12.1 Å². The van der Waals surface area contributed by atoms with E-state index in [0.717, 1.165) is 16.8 Å². The number of nitrogens with one attached hydrogen (secondary N) is 2. The van der Waals surface area contributed by atoms with E-state index < -0.39 is 0 Å². The van der Waals surface area contributed by atoms with Gasteiger partial charge >= 0.3 is 0 Å². The maximum atomic E-state index is 12.9. The van der Waals surface area contributed by atoms with Gasteiger partial charge in [0, 0.05) is 11.3 Å². The van der Waals surface area contributed by atoms with E-state index in [-0.39, 0.29) is 11.7 Å². The summed E-state index contributed by atoms with van der Waals surface area (Å²) in [4.78, 5) is 12.2. The number of halogens is 1. The van der Waals surface area contributed by atoms with Crippen molar-refractivity contribution in [2.75, 3.05) is 5.32 Å². The maximum Gasteiger partial charge on any atom is 0.273 e. The Bertz CT molecular complexity index is 809. The Labute approximate surface area is 127 Å². The normalized spacial score (nSPS) is 10.5. The van der Waals surface area contributed by atoms with Crippen LogP contribution in [0.3, 0.4) is 0 Å². The van der Waals surface area contributed by atoms with E-state index in [1.54, 1.807) is 18.2 Å². The molecule has 0 unspecified atom stereocenters. The predicted octanol–water partition coefficient (Wildman–Crippen LogP) is 3.78. The van der Waals surface area contributed by atoms with Crippen LogP contribution in [0.25, 0.3) is 11.3 Å². The van der Waals surface area contributed by atoms with E-state index in [9.17, 15) is 9.18 Å². The summed E-state index contributed by atoms with van der Waals surface area (Å²) in [5, 5.41) is 9.59. The summed E-state index contributed by atoms with van der Waals surface area (Å²) >= 11 is 0. The monoisotopic (exact) mass is 295 g/mol. The van der Waals surface area contributed by atoms with Crippen LogP contribution in [0.15, 0.2) is 54.6 Å². The molecular weight excluding hydrogens is 281 g/mol. The van der Waals surface area contributed by atoms with Crippen LogP contribution in [0.1, 0.15) is 16.1 Å². The molecule has 0 bridgehead atoms. The zero-order valence-corrected chi connectivity index (χ0v) is 11.9. The second-order valence-electron chi connectivity index (χ2n) is 5.00. The average molecular weight is 295 g/mol. The lowest BCUT2D eigenvalue weighted by atomic mass is 10.1. The van der Waals surface area contributed by atoms with E-state index in [1.165, 1.54) is 12.1 Å². The Hall–Kier alpha value is -2.95. The lowest BCUT2D eigenvalue weighted by Crippen LogP contribution is -2.12. The molecule has 0 saturated carbocycles. The van der Waals surface area contributed by atoms with Crippen LogP contribution in [0, 0.1) is 12.7 Å². The Balaban J connectivity index is 1.78. The standard InChI is InChI=1S/C17H14FN3O/c1-11-3-2-4-14(9-11)19-17(22)16-10-15(20-21-16)12-5-7-13(18)8-6-12/h2-10H,1H3,(H,19,22)(H,20,21). The highest BCUT2D eigenvalue weighted by molar-refractivity contribution is 6.03. The van der Waals surface area contributed by atoms with Crippen molar-refractivity contribution >= 4 is 11.6 Å². The molecule has 22 heavy (non-hydrogen) atoms. The van der Waals surface area contributed by atoms with Crippen molar-refractivity contribution in [1.29, 1.82) is 0 Å². The van der Waals surface area contributed by atoms with Gasteiger partial charge in [0.05, 0.1) is 5.69 Å². The lowest BCUT2D eigenvalue weighted by molar-refractivity contribution is 0.102. The van der Waals surface area contributed by atoms with Crippen LogP contribution in [0.4, 0.5) is 10.1 Å². The number of aromatic amines is 1. The van der Waals surface area contributed by atoms with Gasteiger partial charge in [-0.25, -0.2) is 4.39 Å². The molecule has 2 aromatic carbocycles. The summed E-state index contributed by atoms with van der Waals surface area (Å²) in [6.07, 6.45) is 0. The molecule has 1 aromatic heterocycles. The SMILES string of the molecule is Cc1cccc(NC(=O)c2cc(-c3ccc(F)cc3)n[nH]2)c1. The molecule has 0 aliphatic heterocycles. The van der Waals surface area contributed by atoms with Crippen molar-refractivity contribution in [2.45, 2.75) is 6.92 Å². The Morgan fingerprint density at radius 3 is 2.64 bits per heavy atom. The van der Waals surface area contributed by atoms with Crippen LogP contribution >= 0.6 is 0 Å². The first-order valence-electron chi connectivity index (χ1n) is 6.81. The number of H-pyrrole nitrogens is 1. The average Bonchev–Trinajstić information content (AvgIpc) is 2.98. The summed E-state index contributed by atoms with van der Waals surface area (Å²) in [5.74, 6) is -0.580. The minimum Gasteiger partial charge on any atom is -0.321 e. The highest BCUT2D eigenvalue weighted by Gasteiger charge is 2.11. The first kappa shape index (κ1) is 14.0. The number of anilines is 1. The smallest absolute Gasteiger partial charge is 0.273 e. The van der Waals surface area contributed by atoms with E-state index in [0.29, 0.717) is 11.4 Å². The summed E-state index contributed by atoms with van der Waals surface area (Å²) < 4.78 is 12.9. The highest BCUT2D eigenvalue weighted by Crippen LogP contribution is 2.19. The van der Waals surface area contributed by atoms with Gasteiger partial charge in [0.25, 0.3) is 5.91 Å². The molecule has 0 atom stereocenters. The predicted molar refractivity (Wildman–Crippen MR) is 83.1 cm³/mol. The van der Waals surface area contributed by atoms with Gasteiger partial charge < -0.3 is 5.32 Å². The van der Waals surface area contributed by atoms with E-state index in [1.807, 2.05) is 31.2 Å². The van der Waals surface area contributed by atoms with Crippen molar-refractivity contribution < 1.29 is 9.18 Å². The zero-order chi connectivity index (χ0) is 15.5. The van der Waals surface area contributed by atoms with Crippen LogP contribution in [0.5, 0.6) is 0 Å². The fourth-order valence-electron chi connectivity index (χ4n) is 2.13. The number of nitrogens with zero attached hydrogens (tertiary/aromatic N) is 1. The quantitative estimate of drug-likeness (QED) is 0.772. The molecule has 0 radical (unpaired) electrons. The summed E-state index contributed by atoms with van der Waals surface area (Å²) in [7, 11) is 0. The molecule has 0 saturated heterocycles. The first-order valence-corrected chi connectivity index (χ1v) is 6.81. The molecule has 3 aromatic rings. The Kier molecular flexibility index (Phi) is 3.70. The van der Waals surface area contributed by atoms with Crippen LogP contribution in [-0.2, 0) is 0 Å². The zero-order valence-electron chi connectivity index (χ0n) is 11.9. The topological polar surface area (TPSA) is 57.8 Å². The number of hydrogen-bond donors (Lipinski definition) is 2. The number of aryl methyl sites for hydroxylation is 1. The van der Waals surface area contributed by atoms with Crippen molar-refractivity contribution in [1.82, 2.24) is 10.2 Å². The summed E-state index contributed by atoms with van der Waals surface area (Å²) in [6.45, 7) is 1.96. The fourth-order valence-corrected chi connectivity index (χ4v) is 2.13. The minimum absolute atomic E-state index is 0.272. The van der Waals surface area contributed by atoms with E-state index in [4.69, 9.17) is 0 Å². The number of carbonyl (C=O) groups excluding carboxylic acids is 1. The molecule has 0 aliphatic carbocycles. The third kappa shape index (κ3) is 3.03. The van der Waals surface area contributed by atoms with Crippen LogP contribution in [0.2, 0.25) is 0 Å². The lowest BCUT2D eigenvalue weighted by Gasteiger charge is -2.03. The molecule has 5 heteroatoms. The molecular formula is C17H14FN3O. The minimum atomic E-state index is -0.309. The molecule has 3 rings (SSSR count). The number of benzene rings is 2. The molecule has 1 amide bonds. The molecule has 2 N–H and O–H groups in total. The third-order valence-corrected chi connectivity index (χ3v) is 3.24. The van der Waals surface area contributed by atoms with Crippen LogP contribution in [-0.4, -0.2) is 16.1 Å². The van der Waals surface area contributed by atoms with Crippen molar-refractivity contribution in [3.05, 3.63) is 71.7 Å². The highest BCUT2D eigenvalue weighted by atomic mass is 19.1. The van der Waals surface area contributed by atoms with Crippen molar-refractivity contribution in [2.24, 2.45) is 0 Å². The first-order chi connectivity index (χ1) is 10.6. The molecule has 0 fully saturated rings. The second-order valence-corrected chi connectivity index (χ2v) is 5.00. The third-order valence-electron chi connectivity index (χ3n) is 3.24. The largest absolute Gasteiger partial charge is 0.321 e. The number of hydrogen-bond acceptors (Lipinski definition) is 2. The van der Waals surface area contributed by atoms with Gasteiger partial charge in [-0.3, -0.25) is 9.89 Å². The maximum absolute atomic E-state index is 12.9. The van der Waals surface area contributed by atoms with Gasteiger partial charge in [-0.15, -0.1) is 0 Å². The number of carbonyl (C=O) groups is 1. The van der Waals surface area contributed by atoms with Gasteiger partial charge in [0.1, 0.15) is 11.5 Å². The summed E-state index contributed by atoms with van der Waals surface area (Å²) in [6, 6.07) is 15.1. The van der Waals surface area contributed by atoms with Gasteiger partial charge in [0.2, 0.25) is 0 Å². The number of rotatable bonds is 3. The fraction of sp³-hybridized carbons (Fsp3) is 0.0588. The summed E-state index contributed by atoms with van der Waals surface area (Å²) in [5.41, 5.74) is 3.47. The van der Waals surface area contributed by atoms with Gasteiger partial charge in [0.15, 0.2) is 0 Å². The van der Waals surface area contributed by atoms with E-state index >= 15 is 0 Å². The molecule has 4 nitrogen and oxygen atoms in total. The van der Waals surface area contributed by atoms with Gasteiger partial charge in [-0.2, -0.15) is 5.10 Å². The van der Waals surface area contributed by atoms with Crippen molar-refractivity contribution in [3.8, 4) is 11.3 Å². The van der Waals surface area contributed by atoms with Crippen molar-refractivity contribution in [3.63, 3.8) is 0 Å². The Morgan fingerprint density at radius 2 is 1.91 bits per heavy atom. The molecule has 110 valence electrons. The molecule has 0 aliphatic rings.